The Balaban J connectivity index is 2.10. The van der Waals surface area contributed by atoms with Crippen LogP contribution in [-0.2, 0) is 0 Å². The molecular formula is C16H20N2O2. The number of aliphatic hydroxyl groups excluding tert-OH is 1. The van der Waals surface area contributed by atoms with Crippen LogP contribution in [0.4, 0.5) is 0 Å². The fraction of sp³-hybridized carbons (Fsp3) is 0.500. The highest BCUT2D eigenvalue weighted by molar-refractivity contribution is 5.94. The zero-order valence-electron chi connectivity index (χ0n) is 11.8. The van der Waals surface area contributed by atoms with E-state index < -0.39 is 0 Å². The Morgan fingerprint density at radius 1 is 1.55 bits per heavy atom. The predicted octanol–water partition coefficient (Wildman–Crippen LogP) is 1.69. The minimum atomic E-state index is 0.0369. The smallest absolute Gasteiger partial charge is 0.255 e. The molecule has 0 radical (unpaired) electrons. The zero-order chi connectivity index (χ0) is 14.4. The number of aliphatic hydroxyl groups is 1. The summed E-state index contributed by atoms with van der Waals surface area (Å²) in [7, 11) is 0. The Labute approximate surface area is 119 Å². The number of pyridine rings is 1. The van der Waals surface area contributed by atoms with Crippen LogP contribution in [-0.4, -0.2) is 40.6 Å². The molecule has 20 heavy (non-hydrogen) atoms. The number of amides is 1. The highest BCUT2D eigenvalue weighted by Gasteiger charge is 2.22. The highest BCUT2D eigenvalue weighted by Crippen LogP contribution is 2.17. The third kappa shape index (κ3) is 3.82. The fourth-order valence-corrected chi connectivity index (χ4v) is 2.40. The normalized spacial score (nSPS) is 18.3. The van der Waals surface area contributed by atoms with Crippen LogP contribution in [0, 0.1) is 17.8 Å². The van der Waals surface area contributed by atoms with Crippen LogP contribution < -0.4 is 0 Å². The number of likely N-dealkylation sites (tertiary alicyclic amines) is 1. The minimum Gasteiger partial charge on any atom is -0.395 e. The number of carbonyl (C=O) groups is 1. The van der Waals surface area contributed by atoms with Gasteiger partial charge in [0, 0.05) is 37.5 Å². The maximum absolute atomic E-state index is 12.4. The zero-order valence-corrected chi connectivity index (χ0v) is 11.8. The van der Waals surface area contributed by atoms with Gasteiger partial charge < -0.3 is 10.0 Å². The molecule has 1 N–H and O–H groups in total. The lowest BCUT2D eigenvalue weighted by molar-refractivity contribution is 0.0682. The molecule has 2 rings (SSSR count). The molecule has 106 valence electrons. The molecule has 1 unspecified atom stereocenters. The van der Waals surface area contributed by atoms with Gasteiger partial charge in [0.15, 0.2) is 0 Å². The molecule has 1 aromatic rings. The van der Waals surface area contributed by atoms with E-state index in [0.29, 0.717) is 23.5 Å². The lowest BCUT2D eigenvalue weighted by Gasteiger charge is -2.30. The lowest BCUT2D eigenvalue weighted by Crippen LogP contribution is -2.39. The lowest BCUT2D eigenvalue weighted by atomic mass is 9.99. The molecule has 1 aliphatic heterocycles. The Morgan fingerprint density at radius 3 is 3.15 bits per heavy atom. The molecule has 0 spiro atoms. The molecule has 1 aromatic heterocycles. The van der Waals surface area contributed by atoms with Crippen LogP contribution in [0.25, 0.3) is 0 Å². The summed E-state index contributed by atoms with van der Waals surface area (Å²) < 4.78 is 0. The van der Waals surface area contributed by atoms with Crippen LogP contribution in [0.15, 0.2) is 18.5 Å². The standard InChI is InChI=1S/C16H20N2O2/c1-13-5-4-7-18(12-13)16(20)15-9-14(10-17-11-15)6-2-3-8-19/h9-11,13,19H,3-5,7-8,12H2,1H3. The first-order chi connectivity index (χ1) is 9.70. The van der Waals surface area contributed by atoms with Gasteiger partial charge in [0.25, 0.3) is 5.91 Å². The molecule has 0 saturated carbocycles. The molecule has 1 saturated heterocycles. The van der Waals surface area contributed by atoms with E-state index in [1.54, 1.807) is 18.5 Å². The Morgan fingerprint density at radius 2 is 2.40 bits per heavy atom. The Hall–Kier alpha value is -1.86. The summed E-state index contributed by atoms with van der Waals surface area (Å²) in [6.45, 7) is 3.86. The van der Waals surface area contributed by atoms with E-state index in [4.69, 9.17) is 5.11 Å². The van der Waals surface area contributed by atoms with Crippen molar-refractivity contribution in [3.05, 3.63) is 29.6 Å². The molecule has 0 aromatic carbocycles. The van der Waals surface area contributed by atoms with Gasteiger partial charge in [0.2, 0.25) is 0 Å². The summed E-state index contributed by atoms with van der Waals surface area (Å²) in [6, 6.07) is 1.78. The van der Waals surface area contributed by atoms with Gasteiger partial charge in [-0.15, -0.1) is 0 Å². The number of hydrogen-bond acceptors (Lipinski definition) is 3. The molecule has 2 heterocycles. The van der Waals surface area contributed by atoms with E-state index in [-0.39, 0.29) is 12.5 Å². The van der Waals surface area contributed by atoms with Crippen molar-refractivity contribution in [1.82, 2.24) is 9.88 Å². The van der Waals surface area contributed by atoms with E-state index in [0.717, 1.165) is 19.5 Å². The third-order valence-corrected chi connectivity index (χ3v) is 3.40. The monoisotopic (exact) mass is 272 g/mol. The molecule has 0 bridgehead atoms. The van der Waals surface area contributed by atoms with Gasteiger partial charge in [0.05, 0.1) is 12.2 Å². The first-order valence-corrected chi connectivity index (χ1v) is 7.04. The van der Waals surface area contributed by atoms with Crippen LogP contribution in [0.2, 0.25) is 0 Å². The molecule has 1 fully saturated rings. The minimum absolute atomic E-state index is 0.0369. The van der Waals surface area contributed by atoms with Crippen molar-refractivity contribution in [2.45, 2.75) is 26.2 Å². The van der Waals surface area contributed by atoms with Crippen LogP contribution in [0.3, 0.4) is 0 Å². The summed E-state index contributed by atoms with van der Waals surface area (Å²) in [4.78, 5) is 18.4. The van der Waals surface area contributed by atoms with Gasteiger partial charge >= 0.3 is 0 Å². The van der Waals surface area contributed by atoms with Gasteiger partial charge in [-0.2, -0.15) is 0 Å². The second-order valence-corrected chi connectivity index (χ2v) is 5.24. The third-order valence-electron chi connectivity index (χ3n) is 3.40. The fourth-order valence-electron chi connectivity index (χ4n) is 2.40. The summed E-state index contributed by atoms with van der Waals surface area (Å²) in [5.74, 6) is 6.35. The average Bonchev–Trinajstić information content (AvgIpc) is 2.47. The second kappa shape index (κ2) is 7.06. The summed E-state index contributed by atoms with van der Waals surface area (Å²) in [5.41, 5.74) is 1.31. The largest absolute Gasteiger partial charge is 0.395 e. The van der Waals surface area contributed by atoms with Crippen molar-refractivity contribution < 1.29 is 9.90 Å². The SMILES string of the molecule is CC1CCCN(C(=O)c2cncc(C#CCCO)c2)C1. The summed E-state index contributed by atoms with van der Waals surface area (Å²) in [6.07, 6.45) is 5.92. The van der Waals surface area contributed by atoms with E-state index >= 15 is 0 Å². The molecule has 1 aliphatic rings. The highest BCUT2D eigenvalue weighted by atomic mass is 16.2. The Kier molecular flexibility index (Phi) is 5.14. The van der Waals surface area contributed by atoms with Gasteiger partial charge in [-0.05, 0) is 24.8 Å². The van der Waals surface area contributed by atoms with Crippen molar-refractivity contribution in [2.24, 2.45) is 5.92 Å². The van der Waals surface area contributed by atoms with Crippen molar-refractivity contribution in [3.8, 4) is 11.8 Å². The molecule has 4 heteroatoms. The van der Waals surface area contributed by atoms with Crippen molar-refractivity contribution in [2.75, 3.05) is 19.7 Å². The van der Waals surface area contributed by atoms with Crippen LogP contribution >= 0.6 is 0 Å². The maximum atomic E-state index is 12.4. The molecule has 1 amide bonds. The molecule has 0 aliphatic carbocycles. The first kappa shape index (κ1) is 14.5. The summed E-state index contributed by atoms with van der Waals surface area (Å²) in [5, 5.41) is 8.70. The maximum Gasteiger partial charge on any atom is 0.255 e. The predicted molar refractivity (Wildman–Crippen MR) is 77.1 cm³/mol. The van der Waals surface area contributed by atoms with Gasteiger partial charge in [-0.1, -0.05) is 18.8 Å². The van der Waals surface area contributed by atoms with Crippen LogP contribution in [0.1, 0.15) is 42.1 Å². The van der Waals surface area contributed by atoms with Crippen molar-refractivity contribution in [3.63, 3.8) is 0 Å². The Bertz CT molecular complexity index is 531. The molecule has 1 atom stereocenters. The van der Waals surface area contributed by atoms with E-state index in [2.05, 4.69) is 23.7 Å². The first-order valence-electron chi connectivity index (χ1n) is 7.04. The van der Waals surface area contributed by atoms with E-state index in [9.17, 15) is 4.79 Å². The summed E-state index contributed by atoms with van der Waals surface area (Å²) >= 11 is 0. The number of carbonyl (C=O) groups excluding carboxylic acids is 1. The van der Waals surface area contributed by atoms with Gasteiger partial charge in [-0.3, -0.25) is 9.78 Å². The number of piperidine rings is 1. The topological polar surface area (TPSA) is 53.4 Å². The van der Waals surface area contributed by atoms with E-state index in [1.807, 2.05) is 4.90 Å². The number of nitrogens with zero attached hydrogens (tertiary/aromatic N) is 2. The quantitative estimate of drug-likeness (QED) is 0.834. The van der Waals surface area contributed by atoms with Crippen LogP contribution in [0.5, 0.6) is 0 Å². The molecular weight excluding hydrogens is 252 g/mol. The number of hydrogen-bond donors (Lipinski definition) is 1. The molecule has 4 nitrogen and oxygen atoms in total. The average molecular weight is 272 g/mol. The van der Waals surface area contributed by atoms with Crippen molar-refractivity contribution >= 4 is 5.91 Å². The second-order valence-electron chi connectivity index (χ2n) is 5.24. The van der Waals surface area contributed by atoms with E-state index in [1.165, 1.54) is 6.42 Å². The van der Waals surface area contributed by atoms with Gasteiger partial charge in [-0.25, -0.2) is 0 Å². The van der Waals surface area contributed by atoms with Gasteiger partial charge in [0.1, 0.15) is 0 Å². The van der Waals surface area contributed by atoms with Crippen molar-refractivity contribution in [1.29, 1.82) is 0 Å². The number of rotatable bonds is 2. The number of aromatic nitrogens is 1.